The molecule has 1 fully saturated rings. The molecule has 132 valence electrons. The molecule has 4 rings (SSSR count). The highest BCUT2D eigenvalue weighted by atomic mass is 16.2. The van der Waals surface area contributed by atoms with E-state index in [2.05, 4.69) is 15.6 Å². The van der Waals surface area contributed by atoms with Gasteiger partial charge in [0.25, 0.3) is 0 Å². The molecule has 0 saturated carbocycles. The summed E-state index contributed by atoms with van der Waals surface area (Å²) in [5, 5.41) is 11.1. The van der Waals surface area contributed by atoms with Crippen molar-refractivity contribution in [1.82, 2.24) is 25.2 Å². The maximum Gasteiger partial charge on any atom is 0.318 e. The van der Waals surface area contributed by atoms with E-state index < -0.39 is 0 Å². The maximum atomic E-state index is 12.9. The number of aromatic nitrogens is 3. The third-order valence-corrected chi connectivity index (χ3v) is 4.80. The van der Waals surface area contributed by atoms with Gasteiger partial charge in [-0.3, -0.25) is 0 Å². The third kappa shape index (κ3) is 3.44. The molecule has 0 spiro atoms. The number of nitrogens with zero attached hydrogens (tertiary/aromatic N) is 4. The van der Waals surface area contributed by atoms with Crippen LogP contribution < -0.4 is 5.32 Å². The topological polar surface area (TPSA) is 63.1 Å². The zero-order valence-corrected chi connectivity index (χ0v) is 14.4. The van der Waals surface area contributed by atoms with Crippen molar-refractivity contribution in [3.8, 4) is 0 Å². The zero-order chi connectivity index (χ0) is 17.8. The molecule has 1 aromatic heterocycles. The first-order valence-corrected chi connectivity index (χ1v) is 8.82. The molecule has 26 heavy (non-hydrogen) atoms. The molecule has 3 aromatic rings. The fourth-order valence-electron chi connectivity index (χ4n) is 3.42. The van der Waals surface area contributed by atoms with Crippen molar-refractivity contribution in [3.05, 3.63) is 84.2 Å². The molecule has 1 N–H and O–H groups in total. The van der Waals surface area contributed by atoms with Gasteiger partial charge in [0.05, 0.1) is 18.3 Å². The van der Waals surface area contributed by atoms with Crippen LogP contribution in [0.2, 0.25) is 0 Å². The van der Waals surface area contributed by atoms with Crippen molar-refractivity contribution >= 4 is 6.03 Å². The predicted octanol–water partition coefficient (Wildman–Crippen LogP) is 3.02. The van der Waals surface area contributed by atoms with Gasteiger partial charge in [-0.05, 0) is 17.5 Å². The van der Waals surface area contributed by atoms with Crippen molar-refractivity contribution in [2.75, 3.05) is 13.1 Å². The molecule has 2 amide bonds. The van der Waals surface area contributed by atoms with Crippen LogP contribution in [-0.4, -0.2) is 39.0 Å². The molecule has 1 saturated heterocycles. The number of hydrogen-bond acceptors (Lipinski definition) is 3. The van der Waals surface area contributed by atoms with Crippen LogP contribution in [-0.2, 0) is 0 Å². The summed E-state index contributed by atoms with van der Waals surface area (Å²) in [5.41, 5.74) is 2.14. The third-order valence-electron chi connectivity index (χ3n) is 4.80. The molecular formula is C20H21N5O. The SMILES string of the molecule is O=C(NC(c1ccccc1)c1ccccc1)N1CC[C@H](n2ccnn2)C1. The Morgan fingerprint density at radius 2 is 1.69 bits per heavy atom. The quantitative estimate of drug-likeness (QED) is 0.789. The number of benzene rings is 2. The lowest BCUT2D eigenvalue weighted by molar-refractivity contribution is 0.204. The standard InChI is InChI=1S/C20H21N5O/c26-20(24-13-11-18(15-24)25-14-12-21-23-25)22-19(16-7-3-1-4-8-16)17-9-5-2-6-10-17/h1-10,12,14,18-19H,11,13,15H2,(H,22,26)/t18-/m0/s1. The normalized spacial score (nSPS) is 16.8. The van der Waals surface area contributed by atoms with Crippen LogP contribution in [0.1, 0.15) is 29.6 Å². The van der Waals surface area contributed by atoms with Crippen molar-refractivity contribution in [1.29, 1.82) is 0 Å². The summed E-state index contributed by atoms with van der Waals surface area (Å²) < 4.78 is 1.83. The second kappa shape index (κ2) is 7.39. The summed E-state index contributed by atoms with van der Waals surface area (Å²) in [4.78, 5) is 14.7. The van der Waals surface area contributed by atoms with E-state index in [0.29, 0.717) is 13.1 Å². The lowest BCUT2D eigenvalue weighted by Gasteiger charge is -2.24. The first kappa shape index (κ1) is 16.3. The molecule has 6 nitrogen and oxygen atoms in total. The summed E-state index contributed by atoms with van der Waals surface area (Å²) >= 11 is 0. The van der Waals surface area contributed by atoms with Crippen LogP contribution in [0.25, 0.3) is 0 Å². The van der Waals surface area contributed by atoms with Crippen molar-refractivity contribution in [2.24, 2.45) is 0 Å². The minimum atomic E-state index is -0.171. The molecule has 0 unspecified atom stereocenters. The van der Waals surface area contributed by atoms with Crippen LogP contribution in [0.4, 0.5) is 4.79 Å². The Bertz CT molecular complexity index is 796. The minimum absolute atomic E-state index is 0.0506. The van der Waals surface area contributed by atoms with E-state index in [1.165, 1.54) is 0 Å². The van der Waals surface area contributed by atoms with E-state index in [4.69, 9.17) is 0 Å². The molecule has 2 heterocycles. The lowest BCUT2D eigenvalue weighted by atomic mass is 9.99. The van der Waals surface area contributed by atoms with Crippen molar-refractivity contribution in [3.63, 3.8) is 0 Å². The molecule has 6 heteroatoms. The molecule has 0 aliphatic carbocycles. The smallest absolute Gasteiger partial charge is 0.318 e. The number of nitrogens with one attached hydrogen (secondary N) is 1. The van der Waals surface area contributed by atoms with Crippen LogP contribution in [0, 0.1) is 0 Å². The number of hydrogen-bond donors (Lipinski definition) is 1. The lowest BCUT2D eigenvalue weighted by Crippen LogP contribution is -2.40. The van der Waals surface area contributed by atoms with Crippen LogP contribution in [0.15, 0.2) is 73.1 Å². The van der Waals surface area contributed by atoms with E-state index in [-0.39, 0.29) is 18.1 Å². The van der Waals surface area contributed by atoms with Gasteiger partial charge in [-0.1, -0.05) is 65.9 Å². The average molecular weight is 347 g/mol. The summed E-state index contributed by atoms with van der Waals surface area (Å²) in [6.45, 7) is 1.36. The van der Waals surface area contributed by atoms with Crippen LogP contribution in [0.5, 0.6) is 0 Å². The number of rotatable bonds is 4. The fraction of sp³-hybridized carbons (Fsp3) is 0.250. The Kier molecular flexibility index (Phi) is 4.64. The van der Waals surface area contributed by atoms with Crippen molar-refractivity contribution < 1.29 is 4.79 Å². The van der Waals surface area contributed by atoms with E-state index in [9.17, 15) is 4.79 Å². The Morgan fingerprint density at radius 1 is 1.04 bits per heavy atom. The molecule has 2 aromatic carbocycles. The molecule has 0 bridgehead atoms. The summed E-state index contributed by atoms with van der Waals surface area (Å²) in [7, 11) is 0. The van der Waals surface area contributed by atoms with E-state index in [1.807, 2.05) is 76.4 Å². The largest absolute Gasteiger partial charge is 0.327 e. The highest BCUT2D eigenvalue weighted by Crippen LogP contribution is 2.24. The number of amides is 2. The van der Waals surface area contributed by atoms with Gasteiger partial charge < -0.3 is 10.2 Å². The molecule has 1 atom stereocenters. The van der Waals surface area contributed by atoms with Crippen molar-refractivity contribution in [2.45, 2.75) is 18.5 Å². The number of likely N-dealkylation sites (tertiary alicyclic amines) is 1. The molecule has 1 aliphatic rings. The maximum absolute atomic E-state index is 12.9. The number of carbonyl (C=O) groups excluding carboxylic acids is 1. The predicted molar refractivity (Wildman–Crippen MR) is 98.5 cm³/mol. The zero-order valence-electron chi connectivity index (χ0n) is 14.4. The first-order chi connectivity index (χ1) is 12.8. The Morgan fingerprint density at radius 3 is 2.27 bits per heavy atom. The van der Waals surface area contributed by atoms with Gasteiger partial charge >= 0.3 is 6.03 Å². The van der Waals surface area contributed by atoms with Gasteiger partial charge in [-0.15, -0.1) is 5.10 Å². The molecular weight excluding hydrogens is 326 g/mol. The Labute approximate surface area is 152 Å². The van der Waals surface area contributed by atoms with Gasteiger partial charge in [0.1, 0.15) is 0 Å². The van der Waals surface area contributed by atoms with E-state index >= 15 is 0 Å². The average Bonchev–Trinajstić information content (AvgIpc) is 3.39. The molecule has 0 radical (unpaired) electrons. The molecule has 1 aliphatic heterocycles. The van der Waals surface area contributed by atoms with E-state index in [0.717, 1.165) is 17.5 Å². The Balaban J connectivity index is 1.50. The van der Waals surface area contributed by atoms with Gasteiger partial charge in [-0.25, -0.2) is 9.48 Å². The summed E-state index contributed by atoms with van der Waals surface area (Å²) in [5.74, 6) is 0. The Hall–Kier alpha value is -3.15. The van der Waals surface area contributed by atoms with Crippen LogP contribution >= 0.6 is 0 Å². The van der Waals surface area contributed by atoms with Gasteiger partial charge in [0.2, 0.25) is 0 Å². The minimum Gasteiger partial charge on any atom is -0.327 e. The first-order valence-electron chi connectivity index (χ1n) is 8.82. The second-order valence-corrected chi connectivity index (χ2v) is 6.48. The second-order valence-electron chi connectivity index (χ2n) is 6.48. The summed E-state index contributed by atoms with van der Waals surface area (Å²) in [6.07, 6.45) is 4.41. The van der Waals surface area contributed by atoms with Crippen LogP contribution in [0.3, 0.4) is 0 Å². The fourth-order valence-corrected chi connectivity index (χ4v) is 3.42. The van der Waals surface area contributed by atoms with Gasteiger partial charge in [0, 0.05) is 19.3 Å². The highest BCUT2D eigenvalue weighted by molar-refractivity contribution is 5.75. The summed E-state index contributed by atoms with van der Waals surface area (Å²) in [6, 6.07) is 20.1. The van der Waals surface area contributed by atoms with Gasteiger partial charge in [-0.2, -0.15) is 0 Å². The van der Waals surface area contributed by atoms with Gasteiger partial charge in [0.15, 0.2) is 0 Å². The monoisotopic (exact) mass is 347 g/mol. The van der Waals surface area contributed by atoms with E-state index in [1.54, 1.807) is 6.20 Å². The highest BCUT2D eigenvalue weighted by Gasteiger charge is 2.29. The number of urea groups is 1. The number of carbonyl (C=O) groups is 1.